The van der Waals surface area contributed by atoms with Gasteiger partial charge in [0.1, 0.15) is 6.04 Å². The van der Waals surface area contributed by atoms with Crippen LogP contribution in [0.4, 0.5) is 0 Å². The molecule has 5 nitrogen and oxygen atoms in total. The number of carbonyl (C=O) groups is 2. The van der Waals surface area contributed by atoms with Crippen molar-refractivity contribution >= 4 is 11.9 Å². The molecule has 5 heteroatoms. The van der Waals surface area contributed by atoms with E-state index < -0.39 is 17.4 Å². The zero-order chi connectivity index (χ0) is 24.3. The van der Waals surface area contributed by atoms with E-state index in [1.807, 2.05) is 68.4 Å². The van der Waals surface area contributed by atoms with Gasteiger partial charge in [0.25, 0.3) is 0 Å². The van der Waals surface area contributed by atoms with Gasteiger partial charge in [0, 0.05) is 20.1 Å². The molecule has 0 saturated carbocycles. The highest BCUT2D eigenvalue weighted by molar-refractivity contribution is 5.86. The molecule has 1 heterocycles. The number of hydrogen-bond acceptors (Lipinski definition) is 3. The van der Waals surface area contributed by atoms with Crippen molar-refractivity contribution in [3.63, 3.8) is 0 Å². The van der Waals surface area contributed by atoms with Crippen molar-refractivity contribution in [1.29, 1.82) is 0 Å². The summed E-state index contributed by atoms with van der Waals surface area (Å²) in [5.74, 6) is -1.56. The van der Waals surface area contributed by atoms with Crippen molar-refractivity contribution in [3.05, 3.63) is 108 Å². The first-order valence-corrected chi connectivity index (χ1v) is 11.8. The van der Waals surface area contributed by atoms with Gasteiger partial charge < -0.3 is 10.0 Å². The van der Waals surface area contributed by atoms with E-state index in [9.17, 15) is 14.7 Å². The van der Waals surface area contributed by atoms with Crippen LogP contribution >= 0.6 is 0 Å². The molecular weight excluding hydrogens is 424 g/mol. The Morgan fingerprint density at radius 2 is 1.29 bits per heavy atom. The van der Waals surface area contributed by atoms with E-state index in [1.165, 1.54) is 0 Å². The van der Waals surface area contributed by atoms with Gasteiger partial charge in [0.05, 0.1) is 11.5 Å². The molecule has 0 spiro atoms. The number of benzene rings is 3. The van der Waals surface area contributed by atoms with Gasteiger partial charge in [0.15, 0.2) is 0 Å². The second-order valence-corrected chi connectivity index (χ2v) is 9.38. The normalized spacial score (nSPS) is 18.4. The van der Waals surface area contributed by atoms with Crippen LogP contribution < -0.4 is 0 Å². The third-order valence-corrected chi connectivity index (χ3v) is 6.87. The van der Waals surface area contributed by atoms with Gasteiger partial charge in [-0.2, -0.15) is 0 Å². The minimum Gasteiger partial charge on any atom is -0.481 e. The van der Waals surface area contributed by atoms with Gasteiger partial charge in [-0.05, 0) is 22.6 Å². The van der Waals surface area contributed by atoms with E-state index >= 15 is 0 Å². The molecule has 3 aromatic rings. The van der Waals surface area contributed by atoms with Gasteiger partial charge in [-0.3, -0.25) is 14.5 Å². The van der Waals surface area contributed by atoms with Crippen molar-refractivity contribution in [2.45, 2.75) is 25.4 Å². The molecule has 1 fully saturated rings. The minimum absolute atomic E-state index is 0.0425. The second kappa shape index (κ2) is 9.82. The first-order valence-electron chi connectivity index (χ1n) is 11.8. The molecule has 3 atom stereocenters. The summed E-state index contributed by atoms with van der Waals surface area (Å²) in [5, 5.41) is 9.61. The predicted octanol–water partition coefficient (Wildman–Crippen LogP) is 4.48. The molecule has 176 valence electrons. The molecule has 1 unspecified atom stereocenters. The number of nitrogens with zero attached hydrogens (tertiary/aromatic N) is 2. The number of rotatable bonds is 9. The Kier molecular flexibility index (Phi) is 6.85. The van der Waals surface area contributed by atoms with E-state index in [0.717, 1.165) is 16.7 Å². The van der Waals surface area contributed by atoms with Crippen molar-refractivity contribution in [2.24, 2.45) is 11.8 Å². The average Bonchev–Trinajstić information content (AvgIpc) is 3.65. The third kappa shape index (κ3) is 4.36. The minimum atomic E-state index is -0.866. The molecule has 0 bridgehead atoms. The molecule has 1 amide bonds. The summed E-state index contributed by atoms with van der Waals surface area (Å²) in [6.45, 7) is 4.56. The largest absolute Gasteiger partial charge is 0.481 e. The van der Waals surface area contributed by atoms with Gasteiger partial charge in [-0.25, -0.2) is 0 Å². The summed E-state index contributed by atoms with van der Waals surface area (Å²) in [7, 11) is 1.71. The Morgan fingerprint density at radius 3 is 1.65 bits per heavy atom. The average molecular weight is 457 g/mol. The lowest BCUT2D eigenvalue weighted by Gasteiger charge is -2.38. The Hall–Kier alpha value is -3.44. The number of carboxylic acids is 1. The summed E-state index contributed by atoms with van der Waals surface area (Å²) in [6, 6.07) is 30.5. The molecule has 34 heavy (non-hydrogen) atoms. The number of hydrogen-bond donors (Lipinski definition) is 1. The Balaban J connectivity index is 1.75. The number of carboxylic acid groups (broad SMARTS) is 1. The molecule has 4 rings (SSSR count). The second-order valence-electron chi connectivity index (χ2n) is 9.38. The highest BCUT2D eigenvalue weighted by Gasteiger charge is 2.56. The predicted molar refractivity (Wildman–Crippen MR) is 133 cm³/mol. The fraction of sp³-hybridized carbons (Fsp3) is 0.310. The number of carbonyl (C=O) groups excluding carboxylic acids is 1. The van der Waals surface area contributed by atoms with Gasteiger partial charge >= 0.3 is 5.97 Å². The number of aliphatic carboxylic acids is 1. The quantitative estimate of drug-likeness (QED) is 0.381. The summed E-state index contributed by atoms with van der Waals surface area (Å²) in [6.07, 6.45) is 0. The van der Waals surface area contributed by atoms with Crippen molar-refractivity contribution in [2.75, 3.05) is 20.1 Å². The molecule has 1 N–H and O–H groups in total. The Labute approximate surface area is 201 Å². The molecule has 0 aromatic heterocycles. The molecule has 0 aliphatic carbocycles. The van der Waals surface area contributed by atoms with E-state index in [0.29, 0.717) is 6.54 Å². The van der Waals surface area contributed by atoms with Crippen LogP contribution in [-0.2, 0) is 15.1 Å². The molecule has 1 aliphatic heterocycles. The maximum atomic E-state index is 13.5. The molecular formula is C29H32N2O3. The Morgan fingerprint density at radius 1 is 0.882 bits per heavy atom. The highest BCUT2D eigenvalue weighted by atomic mass is 16.4. The monoisotopic (exact) mass is 456 g/mol. The first-order chi connectivity index (χ1) is 16.4. The van der Waals surface area contributed by atoms with Gasteiger partial charge in [-0.15, -0.1) is 0 Å². The Bertz CT molecular complexity index is 1020. The summed E-state index contributed by atoms with van der Waals surface area (Å²) in [4.78, 5) is 29.1. The first kappa shape index (κ1) is 23.7. The van der Waals surface area contributed by atoms with Gasteiger partial charge in [0.2, 0.25) is 5.91 Å². The SMILES string of the molecule is CC(C)[C@H](CN(C)C(=O)[C@@H]1CN1C(c1ccccc1)(c1ccccc1)c1ccccc1)C(=O)O. The van der Waals surface area contributed by atoms with Crippen LogP contribution in [0.2, 0.25) is 0 Å². The van der Waals surface area contributed by atoms with E-state index in [-0.39, 0.29) is 24.4 Å². The molecule has 0 radical (unpaired) electrons. The molecule has 3 aromatic carbocycles. The maximum absolute atomic E-state index is 13.5. The van der Waals surface area contributed by atoms with Crippen LogP contribution in [0.25, 0.3) is 0 Å². The van der Waals surface area contributed by atoms with Crippen LogP contribution in [0, 0.1) is 11.8 Å². The van der Waals surface area contributed by atoms with Crippen molar-refractivity contribution in [1.82, 2.24) is 9.80 Å². The van der Waals surface area contributed by atoms with Crippen molar-refractivity contribution in [3.8, 4) is 0 Å². The zero-order valence-electron chi connectivity index (χ0n) is 20.0. The fourth-order valence-electron chi connectivity index (χ4n) is 4.97. The summed E-state index contributed by atoms with van der Waals surface area (Å²) in [5.41, 5.74) is 2.65. The van der Waals surface area contributed by atoms with Crippen molar-refractivity contribution < 1.29 is 14.7 Å². The number of amides is 1. The lowest BCUT2D eigenvalue weighted by Crippen LogP contribution is -2.44. The summed E-state index contributed by atoms with van der Waals surface area (Å²) < 4.78 is 0. The summed E-state index contributed by atoms with van der Waals surface area (Å²) >= 11 is 0. The van der Waals surface area contributed by atoms with Gasteiger partial charge in [-0.1, -0.05) is 105 Å². The topological polar surface area (TPSA) is 60.6 Å². The number of likely N-dealkylation sites (N-methyl/N-ethyl adjacent to an activating group) is 1. The smallest absolute Gasteiger partial charge is 0.308 e. The standard InChI is InChI=1S/C29H32N2O3/c1-21(2)25(28(33)34)19-30(3)27(32)26-20-31(26)29(22-13-7-4-8-14-22,23-15-9-5-10-16-23)24-17-11-6-12-18-24/h4-18,21,25-26H,19-20H2,1-3H3,(H,33,34)/t25-,26-,31?/m0/s1. The van der Waals surface area contributed by atoms with Crippen LogP contribution in [0.1, 0.15) is 30.5 Å². The lowest BCUT2D eigenvalue weighted by atomic mass is 9.76. The fourth-order valence-corrected chi connectivity index (χ4v) is 4.97. The molecule has 1 aliphatic rings. The highest BCUT2D eigenvalue weighted by Crippen LogP contribution is 2.48. The van der Waals surface area contributed by atoms with Crippen LogP contribution in [-0.4, -0.2) is 53.0 Å². The van der Waals surface area contributed by atoms with E-state index in [4.69, 9.17) is 0 Å². The van der Waals surface area contributed by atoms with Crippen LogP contribution in [0.15, 0.2) is 91.0 Å². The van der Waals surface area contributed by atoms with Crippen LogP contribution in [0.5, 0.6) is 0 Å². The lowest BCUT2D eigenvalue weighted by molar-refractivity contribution is -0.145. The van der Waals surface area contributed by atoms with E-state index in [1.54, 1.807) is 11.9 Å². The third-order valence-electron chi connectivity index (χ3n) is 6.87. The van der Waals surface area contributed by atoms with E-state index in [2.05, 4.69) is 41.3 Å². The van der Waals surface area contributed by atoms with Crippen LogP contribution in [0.3, 0.4) is 0 Å². The zero-order valence-corrected chi connectivity index (χ0v) is 20.0. The maximum Gasteiger partial charge on any atom is 0.308 e. The molecule has 1 saturated heterocycles.